The summed E-state index contributed by atoms with van der Waals surface area (Å²) in [5, 5.41) is 4.94. The molecular formula is C13H23NS. The number of hydrogen-bond donors (Lipinski definition) is 1. The van der Waals surface area contributed by atoms with E-state index in [2.05, 4.69) is 23.3 Å². The van der Waals surface area contributed by atoms with Crippen LogP contribution in [0.3, 0.4) is 0 Å². The van der Waals surface area contributed by atoms with Gasteiger partial charge in [0.05, 0.1) is 0 Å². The van der Waals surface area contributed by atoms with Crippen molar-refractivity contribution >= 4 is 11.8 Å². The van der Waals surface area contributed by atoms with Crippen molar-refractivity contribution in [2.24, 2.45) is 11.8 Å². The molecule has 0 radical (unpaired) electrons. The molecule has 0 aromatic carbocycles. The molecule has 0 bridgehead atoms. The topological polar surface area (TPSA) is 12.0 Å². The van der Waals surface area contributed by atoms with Crippen LogP contribution in [0.25, 0.3) is 0 Å². The zero-order valence-corrected chi connectivity index (χ0v) is 10.6. The summed E-state index contributed by atoms with van der Waals surface area (Å²) < 4.78 is 0. The number of thioether (sulfide) groups is 1. The molecule has 1 N–H and O–H groups in total. The molecule has 0 heterocycles. The third-order valence-electron chi connectivity index (χ3n) is 4.41. The van der Waals surface area contributed by atoms with Gasteiger partial charge < -0.3 is 5.32 Å². The normalized spacial score (nSPS) is 36.4. The second-order valence-electron chi connectivity index (χ2n) is 5.73. The van der Waals surface area contributed by atoms with E-state index in [4.69, 9.17) is 0 Å². The Morgan fingerprint density at radius 2 is 1.67 bits per heavy atom. The molecule has 3 saturated carbocycles. The van der Waals surface area contributed by atoms with Crippen LogP contribution < -0.4 is 5.32 Å². The van der Waals surface area contributed by atoms with Gasteiger partial charge in [-0.15, -0.1) is 0 Å². The number of nitrogens with one attached hydrogen (secondary N) is 1. The van der Waals surface area contributed by atoms with Crippen LogP contribution in [-0.4, -0.2) is 23.6 Å². The van der Waals surface area contributed by atoms with E-state index >= 15 is 0 Å². The molecule has 0 saturated heterocycles. The second-order valence-corrected chi connectivity index (χ2v) is 6.87. The number of rotatable bonds is 5. The lowest BCUT2D eigenvalue weighted by Gasteiger charge is -2.22. The Morgan fingerprint density at radius 1 is 1.00 bits per heavy atom. The van der Waals surface area contributed by atoms with E-state index in [-0.39, 0.29) is 0 Å². The molecule has 3 aliphatic carbocycles. The van der Waals surface area contributed by atoms with Crippen molar-refractivity contribution in [3.05, 3.63) is 0 Å². The zero-order chi connectivity index (χ0) is 10.3. The van der Waals surface area contributed by atoms with Crippen molar-refractivity contribution < 1.29 is 0 Å². The van der Waals surface area contributed by atoms with Gasteiger partial charge in [-0.1, -0.05) is 0 Å². The van der Waals surface area contributed by atoms with Crippen LogP contribution in [0.1, 0.15) is 44.9 Å². The molecule has 2 atom stereocenters. The van der Waals surface area contributed by atoms with Crippen LogP contribution in [0.4, 0.5) is 0 Å². The van der Waals surface area contributed by atoms with Gasteiger partial charge in [-0.05, 0) is 63.0 Å². The summed E-state index contributed by atoms with van der Waals surface area (Å²) in [6.45, 7) is 0. The molecule has 3 fully saturated rings. The summed E-state index contributed by atoms with van der Waals surface area (Å²) in [6, 6.07) is 1.77. The van der Waals surface area contributed by atoms with Crippen LogP contribution in [0.5, 0.6) is 0 Å². The molecule has 2 heteroatoms. The molecule has 0 aromatic heterocycles. The molecule has 0 aliphatic heterocycles. The van der Waals surface area contributed by atoms with Gasteiger partial charge in [0.15, 0.2) is 0 Å². The monoisotopic (exact) mass is 225 g/mol. The molecule has 0 amide bonds. The van der Waals surface area contributed by atoms with E-state index in [1.165, 1.54) is 44.9 Å². The Kier molecular flexibility index (Phi) is 2.99. The molecule has 15 heavy (non-hydrogen) atoms. The SMILES string of the molecule is CS[C@@H]1CC[C@@H](NC(C2CC2)C2CC2)C1. The van der Waals surface area contributed by atoms with E-state index in [0.29, 0.717) is 0 Å². The van der Waals surface area contributed by atoms with E-state index in [1.807, 2.05) is 0 Å². The number of hydrogen-bond acceptors (Lipinski definition) is 2. The minimum atomic E-state index is 0.855. The Balaban J connectivity index is 1.50. The zero-order valence-electron chi connectivity index (χ0n) is 9.74. The van der Waals surface area contributed by atoms with Gasteiger partial charge in [0, 0.05) is 17.3 Å². The first kappa shape index (κ1) is 10.5. The Labute approximate surface area is 97.8 Å². The summed E-state index contributed by atoms with van der Waals surface area (Å²) >= 11 is 2.07. The van der Waals surface area contributed by atoms with Gasteiger partial charge in [0.25, 0.3) is 0 Å². The van der Waals surface area contributed by atoms with Gasteiger partial charge >= 0.3 is 0 Å². The Hall–Kier alpha value is 0.310. The molecule has 0 unspecified atom stereocenters. The van der Waals surface area contributed by atoms with E-state index in [0.717, 1.165) is 29.2 Å². The van der Waals surface area contributed by atoms with Gasteiger partial charge in [-0.25, -0.2) is 0 Å². The van der Waals surface area contributed by atoms with Crippen molar-refractivity contribution in [3.8, 4) is 0 Å². The van der Waals surface area contributed by atoms with Crippen LogP contribution >= 0.6 is 11.8 Å². The van der Waals surface area contributed by atoms with Gasteiger partial charge in [-0.3, -0.25) is 0 Å². The average molecular weight is 225 g/mol. The first-order chi connectivity index (χ1) is 7.36. The summed E-state index contributed by atoms with van der Waals surface area (Å²) in [6.07, 6.45) is 12.6. The van der Waals surface area contributed by atoms with Crippen molar-refractivity contribution in [2.45, 2.75) is 62.3 Å². The molecule has 0 aromatic rings. The predicted octanol–water partition coefficient (Wildman–Crippen LogP) is 3.05. The van der Waals surface area contributed by atoms with Gasteiger partial charge in [0.1, 0.15) is 0 Å². The third-order valence-corrected chi connectivity index (χ3v) is 5.50. The first-order valence-electron chi connectivity index (χ1n) is 6.65. The lowest BCUT2D eigenvalue weighted by Crippen LogP contribution is -2.40. The standard InChI is InChI=1S/C13H23NS/c1-15-12-7-6-11(8-12)14-13(9-2-3-9)10-4-5-10/h9-14H,2-8H2,1H3/t11-,12-/m1/s1. The largest absolute Gasteiger partial charge is 0.311 e. The minimum absolute atomic E-state index is 0.855. The van der Waals surface area contributed by atoms with Crippen molar-refractivity contribution in [1.82, 2.24) is 5.32 Å². The minimum Gasteiger partial charge on any atom is -0.311 e. The van der Waals surface area contributed by atoms with E-state index < -0.39 is 0 Å². The summed E-state index contributed by atoms with van der Waals surface area (Å²) in [5.41, 5.74) is 0. The first-order valence-corrected chi connectivity index (χ1v) is 7.94. The van der Waals surface area contributed by atoms with Crippen LogP contribution in [0.15, 0.2) is 0 Å². The maximum Gasteiger partial charge on any atom is 0.0126 e. The highest BCUT2D eigenvalue weighted by atomic mass is 32.2. The summed E-state index contributed by atoms with van der Waals surface area (Å²) in [7, 11) is 0. The van der Waals surface area contributed by atoms with Crippen LogP contribution in [0, 0.1) is 11.8 Å². The Bertz CT molecular complexity index is 211. The maximum atomic E-state index is 3.99. The molecular weight excluding hydrogens is 202 g/mol. The highest BCUT2D eigenvalue weighted by molar-refractivity contribution is 7.99. The lowest BCUT2D eigenvalue weighted by atomic mass is 10.1. The maximum absolute atomic E-state index is 3.99. The summed E-state index contributed by atoms with van der Waals surface area (Å²) in [5.74, 6) is 2.12. The molecule has 0 spiro atoms. The predicted molar refractivity (Wildman–Crippen MR) is 67.3 cm³/mol. The summed E-state index contributed by atoms with van der Waals surface area (Å²) in [4.78, 5) is 0. The fourth-order valence-electron chi connectivity index (χ4n) is 3.15. The van der Waals surface area contributed by atoms with Crippen LogP contribution in [0.2, 0.25) is 0 Å². The molecule has 86 valence electrons. The van der Waals surface area contributed by atoms with E-state index in [9.17, 15) is 0 Å². The van der Waals surface area contributed by atoms with E-state index in [1.54, 1.807) is 0 Å². The van der Waals surface area contributed by atoms with Crippen LogP contribution in [-0.2, 0) is 0 Å². The lowest BCUT2D eigenvalue weighted by molar-refractivity contribution is 0.363. The highest BCUT2D eigenvalue weighted by Gasteiger charge is 2.42. The smallest absolute Gasteiger partial charge is 0.0126 e. The molecule has 3 aliphatic rings. The van der Waals surface area contributed by atoms with Crippen molar-refractivity contribution in [2.75, 3.05) is 6.26 Å². The highest BCUT2D eigenvalue weighted by Crippen LogP contribution is 2.45. The van der Waals surface area contributed by atoms with Gasteiger partial charge in [0.2, 0.25) is 0 Å². The molecule has 3 rings (SSSR count). The third kappa shape index (κ3) is 2.52. The van der Waals surface area contributed by atoms with Crippen molar-refractivity contribution in [1.29, 1.82) is 0 Å². The van der Waals surface area contributed by atoms with Gasteiger partial charge in [-0.2, -0.15) is 11.8 Å². The second kappa shape index (κ2) is 4.29. The average Bonchev–Trinajstić information content (AvgIpc) is 3.14. The fraction of sp³-hybridized carbons (Fsp3) is 1.00. The quantitative estimate of drug-likeness (QED) is 0.772. The Morgan fingerprint density at radius 3 is 2.13 bits per heavy atom. The molecule has 1 nitrogen and oxygen atoms in total. The fourth-order valence-corrected chi connectivity index (χ4v) is 3.94. The van der Waals surface area contributed by atoms with Crippen molar-refractivity contribution in [3.63, 3.8) is 0 Å².